The van der Waals surface area contributed by atoms with Crippen LogP contribution in [0.25, 0.3) is 0 Å². The van der Waals surface area contributed by atoms with Crippen LogP contribution in [0.5, 0.6) is 0 Å². The monoisotopic (exact) mass is 339 g/mol. The second-order valence-electron chi connectivity index (χ2n) is 7.04. The Morgan fingerprint density at radius 2 is 2.00 bits per heavy atom. The molecule has 3 heterocycles. The largest absolute Gasteiger partial charge is 0.381 e. The number of hydrogen-bond acceptors (Lipinski definition) is 3. The molecule has 5 heteroatoms. The topological polar surface area (TPSA) is 56.2 Å². The number of carbonyl (C=O) groups is 1. The molecule has 2 aliphatic rings. The molecule has 0 unspecified atom stereocenters. The average molecular weight is 339 g/mol. The fraction of sp³-hybridized carbons (Fsp3) is 0.500. The number of aromatic nitrogens is 2. The van der Waals surface area contributed by atoms with Crippen LogP contribution in [-0.4, -0.2) is 28.9 Å². The molecule has 0 saturated carbocycles. The van der Waals surface area contributed by atoms with Gasteiger partial charge in [-0.05, 0) is 37.7 Å². The van der Waals surface area contributed by atoms with Crippen molar-refractivity contribution < 1.29 is 9.53 Å². The summed E-state index contributed by atoms with van der Waals surface area (Å²) in [6.45, 7) is 2.81. The maximum Gasteiger partial charge on any atom is 0.231 e. The minimum Gasteiger partial charge on any atom is -0.381 e. The summed E-state index contributed by atoms with van der Waals surface area (Å²) in [7, 11) is 0. The van der Waals surface area contributed by atoms with Gasteiger partial charge in [0.1, 0.15) is 0 Å². The van der Waals surface area contributed by atoms with Gasteiger partial charge in [-0.2, -0.15) is 5.10 Å². The summed E-state index contributed by atoms with van der Waals surface area (Å²) in [6, 6.07) is 10.1. The number of rotatable bonds is 4. The zero-order valence-electron chi connectivity index (χ0n) is 14.5. The summed E-state index contributed by atoms with van der Waals surface area (Å²) in [5.41, 5.74) is 3.05. The van der Waals surface area contributed by atoms with E-state index in [1.54, 1.807) is 0 Å². The van der Waals surface area contributed by atoms with Gasteiger partial charge >= 0.3 is 0 Å². The molecule has 0 atom stereocenters. The van der Waals surface area contributed by atoms with Gasteiger partial charge in [0.05, 0.1) is 11.6 Å². The summed E-state index contributed by atoms with van der Waals surface area (Å²) in [5, 5.41) is 7.66. The van der Waals surface area contributed by atoms with Gasteiger partial charge in [0.15, 0.2) is 0 Å². The lowest BCUT2D eigenvalue weighted by atomic mass is 9.73. The van der Waals surface area contributed by atoms with Crippen molar-refractivity contribution in [3.63, 3.8) is 0 Å². The number of carbonyl (C=O) groups excluding carboxylic acids is 1. The Kier molecular flexibility index (Phi) is 4.57. The van der Waals surface area contributed by atoms with Crippen LogP contribution in [0.15, 0.2) is 36.5 Å². The molecule has 132 valence electrons. The molecule has 0 spiro atoms. The van der Waals surface area contributed by atoms with E-state index in [4.69, 9.17) is 4.74 Å². The van der Waals surface area contributed by atoms with Gasteiger partial charge in [0, 0.05) is 37.6 Å². The highest BCUT2D eigenvalue weighted by molar-refractivity contribution is 5.88. The van der Waals surface area contributed by atoms with Crippen LogP contribution < -0.4 is 5.32 Å². The Hall–Kier alpha value is -2.14. The van der Waals surface area contributed by atoms with Crippen LogP contribution in [0.2, 0.25) is 0 Å². The number of benzene rings is 1. The van der Waals surface area contributed by atoms with Crippen molar-refractivity contribution in [1.82, 2.24) is 15.1 Å². The Balaban J connectivity index is 1.53. The SMILES string of the molecule is O=C(NCc1cnn2c1CCCC2)C1(c2ccccc2)CCOCC1. The van der Waals surface area contributed by atoms with Crippen molar-refractivity contribution in [2.45, 2.75) is 50.6 Å². The second kappa shape index (κ2) is 7.00. The van der Waals surface area contributed by atoms with Crippen molar-refractivity contribution in [2.75, 3.05) is 13.2 Å². The van der Waals surface area contributed by atoms with E-state index < -0.39 is 5.41 Å². The quantitative estimate of drug-likeness (QED) is 0.931. The van der Waals surface area contributed by atoms with Gasteiger partial charge in [-0.15, -0.1) is 0 Å². The molecule has 25 heavy (non-hydrogen) atoms. The second-order valence-corrected chi connectivity index (χ2v) is 7.04. The number of fused-ring (bicyclic) bond motifs is 1. The average Bonchev–Trinajstić information content (AvgIpc) is 3.10. The van der Waals surface area contributed by atoms with Crippen molar-refractivity contribution >= 4 is 5.91 Å². The molecule has 1 fully saturated rings. The van der Waals surface area contributed by atoms with Crippen LogP contribution in [0.1, 0.15) is 42.5 Å². The smallest absolute Gasteiger partial charge is 0.231 e. The zero-order chi connectivity index (χ0) is 17.1. The summed E-state index contributed by atoms with van der Waals surface area (Å²) >= 11 is 0. The van der Waals surface area contributed by atoms with Crippen LogP contribution in [-0.2, 0) is 34.5 Å². The number of aryl methyl sites for hydroxylation is 1. The highest BCUT2D eigenvalue weighted by Crippen LogP contribution is 2.35. The molecule has 1 amide bonds. The lowest BCUT2D eigenvalue weighted by Crippen LogP contribution is -2.47. The summed E-state index contributed by atoms with van der Waals surface area (Å²) in [4.78, 5) is 13.2. The maximum absolute atomic E-state index is 13.2. The van der Waals surface area contributed by atoms with E-state index in [1.807, 2.05) is 24.4 Å². The first-order valence-electron chi connectivity index (χ1n) is 9.25. The Morgan fingerprint density at radius 3 is 2.80 bits per heavy atom. The van der Waals surface area contributed by atoms with Crippen molar-refractivity contribution in [1.29, 1.82) is 0 Å². The minimum atomic E-state index is -0.479. The molecule has 1 saturated heterocycles. The number of amides is 1. The van der Waals surface area contributed by atoms with E-state index in [2.05, 4.69) is 27.2 Å². The molecule has 1 aromatic heterocycles. The van der Waals surface area contributed by atoms with Crippen LogP contribution in [0.3, 0.4) is 0 Å². The molecule has 0 aliphatic carbocycles. The standard InChI is InChI=1S/C20H25N3O2/c24-19(21-14-16-15-22-23-11-5-4-8-18(16)23)20(9-12-25-13-10-20)17-6-2-1-3-7-17/h1-3,6-7,15H,4-5,8-14H2,(H,21,24). The predicted octanol–water partition coefficient (Wildman–Crippen LogP) is 2.58. The fourth-order valence-electron chi connectivity index (χ4n) is 4.10. The van der Waals surface area contributed by atoms with E-state index in [-0.39, 0.29) is 5.91 Å². The van der Waals surface area contributed by atoms with Crippen LogP contribution in [0.4, 0.5) is 0 Å². The third-order valence-corrected chi connectivity index (χ3v) is 5.62. The third-order valence-electron chi connectivity index (χ3n) is 5.62. The van der Waals surface area contributed by atoms with E-state index in [0.717, 1.165) is 36.9 Å². The van der Waals surface area contributed by atoms with Gasteiger partial charge in [-0.3, -0.25) is 9.48 Å². The number of hydrogen-bond donors (Lipinski definition) is 1. The Morgan fingerprint density at radius 1 is 1.20 bits per heavy atom. The molecule has 5 nitrogen and oxygen atoms in total. The molecule has 1 N–H and O–H groups in total. The Bertz CT molecular complexity index is 733. The number of nitrogens with zero attached hydrogens (tertiary/aromatic N) is 2. The lowest BCUT2D eigenvalue weighted by Gasteiger charge is -2.36. The van der Waals surface area contributed by atoms with Crippen molar-refractivity contribution in [3.8, 4) is 0 Å². The normalized spacial score (nSPS) is 19.2. The summed E-state index contributed by atoms with van der Waals surface area (Å²) < 4.78 is 7.62. The molecule has 0 bridgehead atoms. The van der Waals surface area contributed by atoms with Crippen LogP contribution in [0, 0.1) is 0 Å². The highest BCUT2D eigenvalue weighted by atomic mass is 16.5. The molecular formula is C20H25N3O2. The highest BCUT2D eigenvalue weighted by Gasteiger charge is 2.41. The first-order valence-corrected chi connectivity index (χ1v) is 9.25. The molecule has 2 aliphatic heterocycles. The minimum absolute atomic E-state index is 0.109. The lowest BCUT2D eigenvalue weighted by molar-refractivity contribution is -0.130. The van der Waals surface area contributed by atoms with Gasteiger partial charge in [0.25, 0.3) is 0 Å². The van der Waals surface area contributed by atoms with Crippen molar-refractivity contribution in [3.05, 3.63) is 53.3 Å². The van der Waals surface area contributed by atoms with Gasteiger partial charge in [-0.25, -0.2) is 0 Å². The molecular weight excluding hydrogens is 314 g/mol. The maximum atomic E-state index is 13.2. The summed E-state index contributed by atoms with van der Waals surface area (Å²) in [6.07, 6.45) is 6.84. The van der Waals surface area contributed by atoms with Crippen LogP contribution >= 0.6 is 0 Å². The molecule has 4 rings (SSSR count). The number of nitrogens with one attached hydrogen (secondary N) is 1. The number of ether oxygens (including phenoxy) is 1. The fourth-order valence-corrected chi connectivity index (χ4v) is 4.10. The van der Waals surface area contributed by atoms with E-state index >= 15 is 0 Å². The first-order chi connectivity index (χ1) is 12.3. The van der Waals surface area contributed by atoms with E-state index in [9.17, 15) is 4.79 Å². The molecule has 0 radical (unpaired) electrons. The van der Waals surface area contributed by atoms with Crippen molar-refractivity contribution in [2.24, 2.45) is 0 Å². The van der Waals surface area contributed by atoms with E-state index in [1.165, 1.54) is 18.5 Å². The van der Waals surface area contributed by atoms with Gasteiger partial charge in [-0.1, -0.05) is 30.3 Å². The Labute approximate surface area is 148 Å². The predicted molar refractivity (Wildman–Crippen MR) is 95.2 cm³/mol. The summed E-state index contributed by atoms with van der Waals surface area (Å²) in [5.74, 6) is 0.109. The molecule has 1 aromatic carbocycles. The zero-order valence-corrected chi connectivity index (χ0v) is 14.5. The van der Waals surface area contributed by atoms with Gasteiger partial charge in [0.2, 0.25) is 5.91 Å². The van der Waals surface area contributed by atoms with Gasteiger partial charge < -0.3 is 10.1 Å². The third kappa shape index (κ3) is 3.09. The first kappa shape index (κ1) is 16.3. The van der Waals surface area contributed by atoms with E-state index in [0.29, 0.717) is 19.8 Å². The molecule has 2 aromatic rings.